The van der Waals surface area contributed by atoms with E-state index in [4.69, 9.17) is 11.6 Å². The number of nitrogens with zero attached hydrogens (tertiary/aromatic N) is 1. The minimum Gasteiger partial charge on any atom is -0.314 e. The lowest BCUT2D eigenvalue weighted by molar-refractivity contribution is 0.154. The number of halogens is 2. The van der Waals surface area contributed by atoms with Crippen molar-refractivity contribution < 1.29 is 8.42 Å². The van der Waals surface area contributed by atoms with Gasteiger partial charge in [-0.1, -0.05) is 35.9 Å². The van der Waals surface area contributed by atoms with E-state index in [-0.39, 0.29) is 18.4 Å². The highest BCUT2D eigenvalue weighted by atomic mass is 35.5. The van der Waals surface area contributed by atoms with Gasteiger partial charge in [-0.2, -0.15) is 0 Å². The smallest absolute Gasteiger partial charge is 0.175 e. The van der Waals surface area contributed by atoms with E-state index in [1.165, 1.54) is 11.8 Å². The molecule has 1 aliphatic heterocycles. The first-order valence-corrected chi connectivity index (χ1v) is 10.2. The van der Waals surface area contributed by atoms with Gasteiger partial charge in [0.05, 0.1) is 4.90 Å². The summed E-state index contributed by atoms with van der Waals surface area (Å²) in [5.41, 5.74) is 2.30. The normalized spacial score (nSPS) is 18.6. The van der Waals surface area contributed by atoms with E-state index in [0.717, 1.165) is 36.8 Å². The van der Waals surface area contributed by atoms with Crippen molar-refractivity contribution in [2.75, 3.05) is 25.9 Å². The first kappa shape index (κ1) is 20.2. The molecule has 1 N–H and O–H groups in total. The molecule has 0 saturated carbocycles. The van der Waals surface area contributed by atoms with E-state index in [9.17, 15) is 8.42 Å². The lowest BCUT2D eigenvalue weighted by Crippen LogP contribution is -2.45. The van der Waals surface area contributed by atoms with Gasteiger partial charge in [-0.15, -0.1) is 12.4 Å². The van der Waals surface area contributed by atoms with E-state index < -0.39 is 9.84 Å². The summed E-state index contributed by atoms with van der Waals surface area (Å²) in [6.45, 7) is 3.54. The first-order chi connectivity index (χ1) is 11.4. The van der Waals surface area contributed by atoms with Crippen molar-refractivity contribution in [1.82, 2.24) is 10.2 Å². The molecule has 1 saturated heterocycles. The lowest BCUT2D eigenvalue weighted by atomic mass is 10.0. The van der Waals surface area contributed by atoms with Crippen LogP contribution in [0.3, 0.4) is 0 Å². The second-order valence-corrected chi connectivity index (χ2v) is 8.61. The van der Waals surface area contributed by atoms with E-state index in [1.807, 2.05) is 30.3 Å². The summed E-state index contributed by atoms with van der Waals surface area (Å²) in [4.78, 5) is 2.76. The average molecular weight is 401 g/mol. The number of hydrogen-bond acceptors (Lipinski definition) is 4. The van der Waals surface area contributed by atoms with Gasteiger partial charge in [-0.25, -0.2) is 8.42 Å². The molecule has 0 aliphatic carbocycles. The number of piperazine rings is 1. The summed E-state index contributed by atoms with van der Waals surface area (Å²) in [5.74, 6) is 0. The molecule has 0 bridgehead atoms. The Hall–Kier alpha value is -1.11. The van der Waals surface area contributed by atoms with Crippen LogP contribution >= 0.6 is 24.0 Å². The van der Waals surface area contributed by atoms with Crippen LogP contribution in [0.25, 0.3) is 0 Å². The molecule has 2 aromatic carbocycles. The molecule has 25 heavy (non-hydrogen) atoms. The molecule has 1 heterocycles. The van der Waals surface area contributed by atoms with Gasteiger partial charge in [0.25, 0.3) is 0 Å². The third kappa shape index (κ3) is 5.19. The Morgan fingerprint density at radius 3 is 2.56 bits per heavy atom. The fraction of sp³-hybridized carbons (Fsp3) is 0.333. The van der Waals surface area contributed by atoms with Crippen molar-refractivity contribution in [1.29, 1.82) is 0 Å². The predicted molar refractivity (Wildman–Crippen MR) is 104 cm³/mol. The Bertz CT molecular complexity index is 810. The first-order valence-electron chi connectivity index (χ1n) is 7.93. The summed E-state index contributed by atoms with van der Waals surface area (Å²) in [6, 6.07) is 15.4. The zero-order valence-electron chi connectivity index (χ0n) is 14.0. The van der Waals surface area contributed by atoms with Crippen LogP contribution in [0.15, 0.2) is 53.4 Å². The third-order valence-corrected chi connectivity index (χ3v) is 5.69. The third-order valence-electron chi connectivity index (χ3n) is 4.32. The SMILES string of the molecule is CS(=O)(=O)c1ccc(CN2CCNCC2c2cccc(Cl)c2)cc1.Cl. The minimum atomic E-state index is -3.15. The summed E-state index contributed by atoms with van der Waals surface area (Å²) in [5, 5.41) is 4.18. The van der Waals surface area contributed by atoms with E-state index in [0.29, 0.717) is 4.90 Å². The largest absolute Gasteiger partial charge is 0.314 e. The number of rotatable bonds is 4. The van der Waals surface area contributed by atoms with Crippen LogP contribution in [0.5, 0.6) is 0 Å². The molecule has 1 aliphatic rings. The highest BCUT2D eigenvalue weighted by molar-refractivity contribution is 7.90. The highest BCUT2D eigenvalue weighted by Gasteiger charge is 2.24. The Morgan fingerprint density at radius 2 is 1.92 bits per heavy atom. The van der Waals surface area contributed by atoms with Crippen molar-refractivity contribution in [3.8, 4) is 0 Å². The topological polar surface area (TPSA) is 49.4 Å². The Morgan fingerprint density at radius 1 is 1.20 bits per heavy atom. The monoisotopic (exact) mass is 400 g/mol. The van der Waals surface area contributed by atoms with Crippen LogP contribution in [0.4, 0.5) is 0 Å². The van der Waals surface area contributed by atoms with E-state index in [1.54, 1.807) is 12.1 Å². The standard InChI is InChI=1S/C18H21ClN2O2S.ClH/c1-24(22,23)17-7-5-14(6-8-17)13-21-10-9-20-12-18(21)15-3-2-4-16(19)11-15;/h2-8,11,18,20H,9-10,12-13H2,1H3;1H. The maximum absolute atomic E-state index is 11.6. The number of sulfone groups is 1. The van der Waals surface area contributed by atoms with Gasteiger partial charge in [0.1, 0.15) is 0 Å². The average Bonchev–Trinajstić information content (AvgIpc) is 2.55. The summed E-state index contributed by atoms with van der Waals surface area (Å²) in [6.07, 6.45) is 1.23. The second-order valence-electron chi connectivity index (χ2n) is 6.16. The fourth-order valence-corrected chi connectivity index (χ4v) is 3.88. The Kier molecular flexibility index (Phi) is 6.88. The van der Waals surface area contributed by atoms with Gasteiger partial charge in [0.15, 0.2) is 9.84 Å². The van der Waals surface area contributed by atoms with Crippen LogP contribution in [-0.4, -0.2) is 39.2 Å². The van der Waals surface area contributed by atoms with Crippen LogP contribution in [0.1, 0.15) is 17.2 Å². The molecule has 1 fully saturated rings. The molecule has 0 spiro atoms. The van der Waals surface area contributed by atoms with Crippen molar-refractivity contribution in [2.45, 2.75) is 17.5 Å². The van der Waals surface area contributed by atoms with Crippen LogP contribution in [0, 0.1) is 0 Å². The molecule has 7 heteroatoms. The summed E-state index contributed by atoms with van der Waals surface area (Å²) >= 11 is 6.14. The van der Waals surface area contributed by atoms with Gasteiger partial charge in [0.2, 0.25) is 0 Å². The van der Waals surface area contributed by atoms with Crippen molar-refractivity contribution >= 4 is 33.8 Å². The summed E-state index contributed by atoms with van der Waals surface area (Å²) < 4.78 is 23.1. The molecular weight excluding hydrogens is 379 g/mol. The quantitative estimate of drug-likeness (QED) is 0.854. The van der Waals surface area contributed by atoms with E-state index >= 15 is 0 Å². The zero-order valence-corrected chi connectivity index (χ0v) is 16.4. The van der Waals surface area contributed by atoms with Crippen LogP contribution in [-0.2, 0) is 16.4 Å². The lowest BCUT2D eigenvalue weighted by Gasteiger charge is -2.36. The van der Waals surface area contributed by atoms with Crippen molar-refractivity contribution in [3.63, 3.8) is 0 Å². The maximum atomic E-state index is 11.6. The molecular formula is C18H22Cl2N2O2S. The maximum Gasteiger partial charge on any atom is 0.175 e. The van der Waals surface area contributed by atoms with Gasteiger partial charge >= 0.3 is 0 Å². The molecule has 0 amide bonds. The predicted octanol–water partition coefficient (Wildman–Crippen LogP) is 3.31. The van der Waals surface area contributed by atoms with Gasteiger partial charge in [-0.3, -0.25) is 4.90 Å². The number of hydrogen-bond donors (Lipinski definition) is 1. The molecule has 4 nitrogen and oxygen atoms in total. The van der Waals surface area contributed by atoms with Crippen molar-refractivity contribution in [3.05, 3.63) is 64.7 Å². The molecule has 0 radical (unpaired) electrons. The van der Waals surface area contributed by atoms with Crippen LogP contribution in [0.2, 0.25) is 5.02 Å². The molecule has 0 aromatic heterocycles. The fourth-order valence-electron chi connectivity index (χ4n) is 3.05. The molecule has 136 valence electrons. The molecule has 3 rings (SSSR count). The Balaban J connectivity index is 0.00000225. The van der Waals surface area contributed by atoms with E-state index in [2.05, 4.69) is 16.3 Å². The highest BCUT2D eigenvalue weighted by Crippen LogP contribution is 2.26. The Labute approximate surface area is 160 Å². The second kappa shape index (κ2) is 8.52. The molecule has 2 aromatic rings. The minimum absolute atomic E-state index is 0. The van der Waals surface area contributed by atoms with Crippen molar-refractivity contribution in [2.24, 2.45) is 0 Å². The molecule has 1 unspecified atom stereocenters. The zero-order chi connectivity index (χ0) is 17.2. The molecule has 1 atom stereocenters. The summed E-state index contributed by atoms with van der Waals surface area (Å²) in [7, 11) is -3.15. The van der Waals surface area contributed by atoms with Crippen LogP contribution < -0.4 is 5.32 Å². The van der Waals surface area contributed by atoms with Gasteiger partial charge in [-0.05, 0) is 35.4 Å². The number of nitrogens with one attached hydrogen (secondary N) is 1. The van der Waals surface area contributed by atoms with Gasteiger partial charge in [0, 0.05) is 43.5 Å². The van der Waals surface area contributed by atoms with Gasteiger partial charge < -0.3 is 5.32 Å². The number of benzene rings is 2.